The van der Waals surface area contributed by atoms with Crippen molar-refractivity contribution in [3.05, 3.63) is 35.4 Å². The van der Waals surface area contributed by atoms with Gasteiger partial charge in [0.1, 0.15) is 0 Å². The van der Waals surface area contributed by atoms with Crippen LogP contribution >= 0.6 is 12.4 Å². The van der Waals surface area contributed by atoms with Crippen molar-refractivity contribution in [1.82, 2.24) is 10.6 Å². The number of hydrogen-bond acceptors (Lipinski definition) is 3. The van der Waals surface area contributed by atoms with E-state index in [4.69, 9.17) is 4.74 Å². The number of carbonyl (C=O) groups excluding carboxylic acids is 1. The molecule has 1 amide bonds. The zero-order valence-electron chi connectivity index (χ0n) is 11.5. The lowest BCUT2D eigenvalue weighted by atomic mass is 10.1. The molecule has 0 bridgehead atoms. The molecule has 0 unspecified atom stereocenters. The topological polar surface area (TPSA) is 50.4 Å². The molecule has 0 saturated carbocycles. The SMILES string of the molecule is COCCNCC(=O)NCc1cccc(C(F)(F)F)c1.Cl. The molecule has 1 aromatic carbocycles. The lowest BCUT2D eigenvalue weighted by Gasteiger charge is -2.10. The van der Waals surface area contributed by atoms with Gasteiger partial charge in [-0.25, -0.2) is 0 Å². The number of carbonyl (C=O) groups is 1. The zero-order chi connectivity index (χ0) is 15.0. The van der Waals surface area contributed by atoms with Gasteiger partial charge in [-0.2, -0.15) is 13.2 Å². The van der Waals surface area contributed by atoms with Crippen molar-refractivity contribution in [2.24, 2.45) is 0 Å². The summed E-state index contributed by atoms with van der Waals surface area (Å²) in [5.74, 6) is -0.279. The molecule has 0 aromatic heterocycles. The fraction of sp³-hybridized carbons (Fsp3) is 0.462. The Morgan fingerprint density at radius 2 is 2.05 bits per heavy atom. The number of amides is 1. The minimum atomic E-state index is -4.37. The minimum absolute atomic E-state index is 0. The summed E-state index contributed by atoms with van der Waals surface area (Å²) in [6.07, 6.45) is -4.37. The monoisotopic (exact) mass is 326 g/mol. The van der Waals surface area contributed by atoms with Crippen LogP contribution < -0.4 is 10.6 Å². The Kier molecular flexibility index (Phi) is 9.00. The maximum absolute atomic E-state index is 12.5. The van der Waals surface area contributed by atoms with Crippen LogP contribution in [0.15, 0.2) is 24.3 Å². The van der Waals surface area contributed by atoms with Gasteiger partial charge in [0, 0.05) is 20.2 Å². The van der Waals surface area contributed by atoms with Crippen LogP contribution in [0.4, 0.5) is 13.2 Å². The van der Waals surface area contributed by atoms with E-state index in [0.29, 0.717) is 18.7 Å². The lowest BCUT2D eigenvalue weighted by Crippen LogP contribution is -2.34. The Morgan fingerprint density at radius 3 is 2.67 bits per heavy atom. The number of ether oxygens (including phenoxy) is 1. The molecule has 0 spiro atoms. The van der Waals surface area contributed by atoms with Crippen molar-refractivity contribution in [3.8, 4) is 0 Å². The van der Waals surface area contributed by atoms with E-state index in [0.717, 1.165) is 12.1 Å². The molecule has 1 rings (SSSR count). The van der Waals surface area contributed by atoms with Crippen LogP contribution in [0.1, 0.15) is 11.1 Å². The molecule has 0 saturated heterocycles. The molecular weight excluding hydrogens is 309 g/mol. The van der Waals surface area contributed by atoms with Crippen LogP contribution in [0.5, 0.6) is 0 Å². The summed E-state index contributed by atoms with van der Waals surface area (Å²) in [6, 6.07) is 4.88. The number of methoxy groups -OCH3 is 1. The molecular formula is C13H18ClF3N2O2. The molecule has 8 heteroatoms. The van der Waals surface area contributed by atoms with E-state index in [2.05, 4.69) is 10.6 Å². The Hall–Kier alpha value is -1.31. The highest BCUT2D eigenvalue weighted by Crippen LogP contribution is 2.29. The van der Waals surface area contributed by atoms with Gasteiger partial charge in [-0.1, -0.05) is 12.1 Å². The first-order chi connectivity index (χ1) is 9.43. The van der Waals surface area contributed by atoms with E-state index in [-0.39, 0.29) is 31.4 Å². The van der Waals surface area contributed by atoms with Crippen molar-refractivity contribution < 1.29 is 22.7 Å². The van der Waals surface area contributed by atoms with Crippen molar-refractivity contribution in [2.45, 2.75) is 12.7 Å². The summed E-state index contributed by atoms with van der Waals surface area (Å²) in [4.78, 5) is 11.4. The fourth-order valence-corrected chi connectivity index (χ4v) is 1.50. The van der Waals surface area contributed by atoms with Crippen LogP contribution in [-0.2, 0) is 22.3 Å². The summed E-state index contributed by atoms with van der Waals surface area (Å²) in [7, 11) is 1.55. The van der Waals surface area contributed by atoms with E-state index in [1.54, 1.807) is 7.11 Å². The van der Waals surface area contributed by atoms with E-state index in [1.165, 1.54) is 12.1 Å². The number of nitrogens with one attached hydrogen (secondary N) is 2. The van der Waals surface area contributed by atoms with Gasteiger partial charge < -0.3 is 15.4 Å². The predicted octanol–water partition coefficient (Wildman–Crippen LogP) is 1.98. The lowest BCUT2D eigenvalue weighted by molar-refractivity contribution is -0.137. The van der Waals surface area contributed by atoms with Crippen LogP contribution in [0.25, 0.3) is 0 Å². The normalized spacial score (nSPS) is 10.9. The second-order valence-electron chi connectivity index (χ2n) is 4.14. The van der Waals surface area contributed by atoms with Crippen LogP contribution in [0, 0.1) is 0 Å². The largest absolute Gasteiger partial charge is 0.416 e. The molecule has 4 nitrogen and oxygen atoms in total. The maximum atomic E-state index is 12.5. The van der Waals surface area contributed by atoms with Gasteiger partial charge in [0.2, 0.25) is 5.91 Å². The summed E-state index contributed by atoms with van der Waals surface area (Å²) < 4.78 is 42.3. The van der Waals surface area contributed by atoms with Crippen molar-refractivity contribution in [2.75, 3.05) is 26.8 Å². The van der Waals surface area contributed by atoms with E-state index >= 15 is 0 Å². The van der Waals surface area contributed by atoms with E-state index < -0.39 is 11.7 Å². The highest BCUT2D eigenvalue weighted by Gasteiger charge is 2.30. The molecule has 0 heterocycles. The molecule has 21 heavy (non-hydrogen) atoms. The zero-order valence-corrected chi connectivity index (χ0v) is 12.3. The molecule has 1 aromatic rings. The van der Waals surface area contributed by atoms with Gasteiger partial charge in [-0.05, 0) is 17.7 Å². The standard InChI is InChI=1S/C13H17F3N2O2.ClH/c1-20-6-5-17-9-12(19)18-8-10-3-2-4-11(7-10)13(14,15)16;/h2-4,7,17H,5-6,8-9H2,1H3,(H,18,19);1H. The number of hydrogen-bond donors (Lipinski definition) is 2. The first kappa shape index (κ1) is 19.7. The first-order valence-corrected chi connectivity index (χ1v) is 6.06. The number of alkyl halides is 3. The molecule has 0 aliphatic carbocycles. The van der Waals surface area contributed by atoms with Gasteiger partial charge in [-0.15, -0.1) is 12.4 Å². The Labute approximate surface area is 127 Å². The molecule has 0 aliphatic rings. The van der Waals surface area contributed by atoms with Crippen LogP contribution in [0.2, 0.25) is 0 Å². The van der Waals surface area contributed by atoms with Crippen molar-refractivity contribution >= 4 is 18.3 Å². The van der Waals surface area contributed by atoms with Gasteiger partial charge in [0.05, 0.1) is 18.7 Å². The Bertz CT molecular complexity index is 442. The smallest absolute Gasteiger partial charge is 0.383 e. The first-order valence-electron chi connectivity index (χ1n) is 6.06. The third-order valence-electron chi connectivity index (χ3n) is 2.51. The van der Waals surface area contributed by atoms with Crippen molar-refractivity contribution in [3.63, 3.8) is 0 Å². The predicted molar refractivity (Wildman–Crippen MR) is 75.3 cm³/mol. The maximum Gasteiger partial charge on any atom is 0.416 e. The number of rotatable bonds is 7. The molecule has 0 atom stereocenters. The summed E-state index contributed by atoms with van der Waals surface area (Å²) in [5.41, 5.74) is -0.312. The van der Waals surface area contributed by atoms with Gasteiger partial charge in [0.15, 0.2) is 0 Å². The molecule has 2 N–H and O–H groups in total. The highest BCUT2D eigenvalue weighted by molar-refractivity contribution is 5.85. The van der Waals surface area contributed by atoms with E-state index in [9.17, 15) is 18.0 Å². The second-order valence-corrected chi connectivity index (χ2v) is 4.14. The average Bonchev–Trinajstić information content (AvgIpc) is 2.41. The Morgan fingerprint density at radius 1 is 1.33 bits per heavy atom. The Balaban J connectivity index is 0.00000400. The fourth-order valence-electron chi connectivity index (χ4n) is 1.50. The quantitative estimate of drug-likeness (QED) is 0.753. The number of benzene rings is 1. The summed E-state index contributed by atoms with van der Waals surface area (Å²) in [5, 5.41) is 5.39. The minimum Gasteiger partial charge on any atom is -0.383 e. The summed E-state index contributed by atoms with van der Waals surface area (Å²) in [6.45, 7) is 1.19. The van der Waals surface area contributed by atoms with Gasteiger partial charge in [0.25, 0.3) is 0 Å². The molecule has 0 aliphatic heterocycles. The summed E-state index contributed by atoms with van der Waals surface area (Å²) >= 11 is 0. The van der Waals surface area contributed by atoms with Gasteiger partial charge in [-0.3, -0.25) is 4.79 Å². The second kappa shape index (κ2) is 9.59. The van der Waals surface area contributed by atoms with Gasteiger partial charge >= 0.3 is 6.18 Å². The average molecular weight is 327 g/mol. The number of halogens is 4. The highest BCUT2D eigenvalue weighted by atomic mass is 35.5. The van der Waals surface area contributed by atoms with E-state index in [1.807, 2.05) is 0 Å². The molecule has 0 radical (unpaired) electrons. The van der Waals surface area contributed by atoms with Crippen LogP contribution in [-0.4, -0.2) is 32.7 Å². The van der Waals surface area contributed by atoms with Crippen molar-refractivity contribution in [1.29, 1.82) is 0 Å². The molecule has 120 valence electrons. The third kappa shape index (κ3) is 7.89. The third-order valence-corrected chi connectivity index (χ3v) is 2.51. The molecule has 0 fully saturated rings. The van der Waals surface area contributed by atoms with Crippen LogP contribution in [0.3, 0.4) is 0 Å².